The number of hydrogen-bond acceptors (Lipinski definition) is 5. The average Bonchev–Trinajstić information content (AvgIpc) is 3.24. The molecule has 0 aliphatic heterocycles. The van der Waals surface area contributed by atoms with Gasteiger partial charge >= 0.3 is 0 Å². The topological polar surface area (TPSA) is 53.7 Å². The number of hydrogen-bond donors (Lipinski definition) is 0. The lowest BCUT2D eigenvalue weighted by Crippen LogP contribution is -2.34. The first-order valence-electron chi connectivity index (χ1n) is 10.1. The Morgan fingerprint density at radius 2 is 1.87 bits per heavy atom. The number of aryl methyl sites for hydroxylation is 3. The van der Waals surface area contributed by atoms with Crippen LogP contribution in [0.3, 0.4) is 0 Å². The fourth-order valence-corrected chi connectivity index (χ4v) is 4.85. The molecule has 3 aromatic heterocycles. The summed E-state index contributed by atoms with van der Waals surface area (Å²) in [5.41, 5.74) is 5.44. The summed E-state index contributed by atoms with van der Waals surface area (Å²) in [6, 6.07) is 10.0. The molecule has 0 aliphatic carbocycles. The predicted molar refractivity (Wildman–Crippen MR) is 131 cm³/mol. The molecule has 164 valence electrons. The molecule has 0 bridgehead atoms. The van der Waals surface area contributed by atoms with Gasteiger partial charge in [0, 0.05) is 12.7 Å². The van der Waals surface area contributed by atoms with E-state index in [0.717, 1.165) is 39.7 Å². The predicted octanol–water partition coefficient (Wildman–Crippen LogP) is 4.89. The minimum atomic E-state index is -0.0570. The SMILES string of the molecule is Cc1cc(C)c2sc(N(CCCN(C)C)C(=O)c3c(C)nc4ccccn34)nc2c1.Cl. The number of aromatic nitrogens is 3. The molecule has 0 N–H and O–H groups in total. The van der Waals surface area contributed by atoms with Gasteiger partial charge in [-0.1, -0.05) is 23.5 Å². The van der Waals surface area contributed by atoms with Crippen molar-refractivity contribution in [1.82, 2.24) is 19.3 Å². The monoisotopic (exact) mass is 457 g/mol. The largest absolute Gasteiger partial charge is 0.309 e. The van der Waals surface area contributed by atoms with Crippen LogP contribution in [-0.2, 0) is 0 Å². The molecule has 1 aromatic carbocycles. The molecule has 0 aliphatic rings. The quantitative estimate of drug-likeness (QED) is 0.413. The second-order valence-electron chi connectivity index (χ2n) is 8.01. The Hall–Kier alpha value is -2.48. The number of thiazole rings is 1. The highest BCUT2D eigenvalue weighted by atomic mass is 35.5. The summed E-state index contributed by atoms with van der Waals surface area (Å²) in [6.45, 7) is 7.58. The third-order valence-corrected chi connectivity index (χ3v) is 6.41. The lowest BCUT2D eigenvalue weighted by atomic mass is 10.1. The Morgan fingerprint density at radius 1 is 1.10 bits per heavy atom. The van der Waals surface area contributed by atoms with Crippen molar-refractivity contribution >= 4 is 50.6 Å². The van der Waals surface area contributed by atoms with Gasteiger partial charge in [-0.25, -0.2) is 9.97 Å². The molecule has 4 rings (SSSR count). The van der Waals surface area contributed by atoms with Crippen molar-refractivity contribution in [2.75, 3.05) is 32.1 Å². The van der Waals surface area contributed by atoms with Crippen molar-refractivity contribution in [2.45, 2.75) is 27.2 Å². The summed E-state index contributed by atoms with van der Waals surface area (Å²) < 4.78 is 3.01. The van der Waals surface area contributed by atoms with Crippen LogP contribution in [0, 0.1) is 20.8 Å². The molecule has 0 radical (unpaired) electrons. The molecule has 6 nitrogen and oxygen atoms in total. The van der Waals surface area contributed by atoms with Gasteiger partial charge in [0.15, 0.2) is 5.13 Å². The maximum atomic E-state index is 13.8. The fourth-order valence-electron chi connectivity index (χ4n) is 3.81. The number of nitrogens with zero attached hydrogens (tertiary/aromatic N) is 5. The van der Waals surface area contributed by atoms with Crippen molar-refractivity contribution in [1.29, 1.82) is 0 Å². The van der Waals surface area contributed by atoms with Crippen LogP contribution in [0.4, 0.5) is 5.13 Å². The summed E-state index contributed by atoms with van der Waals surface area (Å²) in [7, 11) is 4.09. The standard InChI is InChI=1S/C23H27N5OS.ClH/c1-15-13-16(2)21-18(14-15)25-23(30-21)28(12-8-10-26(4)5)22(29)20-17(3)24-19-9-6-7-11-27(19)20;/h6-7,9,11,13-14H,8,10,12H2,1-5H3;1H. The highest BCUT2D eigenvalue weighted by molar-refractivity contribution is 7.22. The smallest absolute Gasteiger partial charge is 0.278 e. The molecule has 0 atom stereocenters. The van der Waals surface area contributed by atoms with Crippen LogP contribution in [-0.4, -0.2) is 52.4 Å². The van der Waals surface area contributed by atoms with Crippen LogP contribution in [0.15, 0.2) is 36.5 Å². The first-order chi connectivity index (χ1) is 14.3. The maximum Gasteiger partial charge on any atom is 0.278 e. The van der Waals surface area contributed by atoms with E-state index >= 15 is 0 Å². The zero-order valence-corrected chi connectivity index (χ0v) is 20.2. The van der Waals surface area contributed by atoms with E-state index in [2.05, 4.69) is 35.9 Å². The van der Waals surface area contributed by atoms with E-state index in [1.54, 1.807) is 11.3 Å². The Bertz CT molecular complexity index is 1230. The highest BCUT2D eigenvalue weighted by Crippen LogP contribution is 2.33. The van der Waals surface area contributed by atoms with Gasteiger partial charge in [0.2, 0.25) is 0 Å². The number of fused-ring (bicyclic) bond motifs is 2. The molecule has 0 fully saturated rings. The van der Waals surface area contributed by atoms with Crippen molar-refractivity contribution in [3.05, 3.63) is 59.0 Å². The third-order valence-electron chi connectivity index (χ3n) is 5.18. The molecular weight excluding hydrogens is 430 g/mol. The van der Waals surface area contributed by atoms with Gasteiger partial charge < -0.3 is 4.90 Å². The van der Waals surface area contributed by atoms with Crippen molar-refractivity contribution in [2.24, 2.45) is 0 Å². The van der Waals surface area contributed by atoms with Crippen LogP contribution >= 0.6 is 23.7 Å². The van der Waals surface area contributed by atoms with Crippen LogP contribution < -0.4 is 4.90 Å². The summed E-state index contributed by atoms with van der Waals surface area (Å²) in [4.78, 5) is 27.2. The number of amides is 1. The van der Waals surface area contributed by atoms with Gasteiger partial charge in [0.25, 0.3) is 5.91 Å². The zero-order chi connectivity index (χ0) is 21.4. The van der Waals surface area contributed by atoms with E-state index in [-0.39, 0.29) is 18.3 Å². The number of halogens is 1. The third kappa shape index (κ3) is 4.59. The fraction of sp³-hybridized carbons (Fsp3) is 0.348. The van der Waals surface area contributed by atoms with Crippen LogP contribution in [0.1, 0.15) is 33.7 Å². The van der Waals surface area contributed by atoms with Crippen LogP contribution in [0.5, 0.6) is 0 Å². The Kier molecular flexibility index (Phi) is 6.99. The number of carbonyl (C=O) groups excluding carboxylic acids is 1. The summed E-state index contributed by atoms with van der Waals surface area (Å²) in [6.07, 6.45) is 2.76. The van der Waals surface area contributed by atoms with E-state index in [0.29, 0.717) is 12.2 Å². The van der Waals surface area contributed by atoms with E-state index in [1.807, 2.05) is 54.7 Å². The number of carbonyl (C=O) groups is 1. The van der Waals surface area contributed by atoms with E-state index in [9.17, 15) is 4.79 Å². The van der Waals surface area contributed by atoms with Crippen LogP contribution in [0.25, 0.3) is 15.9 Å². The number of benzene rings is 1. The normalized spacial score (nSPS) is 11.3. The molecule has 0 saturated heterocycles. The second-order valence-corrected chi connectivity index (χ2v) is 8.99. The molecule has 8 heteroatoms. The van der Waals surface area contributed by atoms with Gasteiger partial charge in [0.05, 0.1) is 15.9 Å². The molecule has 0 spiro atoms. The Labute approximate surface area is 192 Å². The van der Waals surface area contributed by atoms with E-state index in [1.165, 1.54) is 11.1 Å². The molecule has 31 heavy (non-hydrogen) atoms. The summed E-state index contributed by atoms with van der Waals surface area (Å²) in [5, 5.41) is 0.743. The molecule has 0 unspecified atom stereocenters. The Morgan fingerprint density at radius 3 is 2.61 bits per heavy atom. The van der Waals surface area contributed by atoms with Gasteiger partial charge in [-0.15, -0.1) is 12.4 Å². The van der Waals surface area contributed by atoms with Crippen LogP contribution in [0.2, 0.25) is 0 Å². The first kappa shape index (κ1) is 23.2. The Balaban J connectivity index is 0.00000272. The molecule has 4 aromatic rings. The average molecular weight is 458 g/mol. The van der Waals surface area contributed by atoms with Gasteiger partial charge in [0.1, 0.15) is 11.3 Å². The van der Waals surface area contributed by atoms with E-state index < -0.39 is 0 Å². The lowest BCUT2D eigenvalue weighted by Gasteiger charge is -2.21. The zero-order valence-electron chi connectivity index (χ0n) is 18.5. The first-order valence-corrected chi connectivity index (χ1v) is 10.9. The molecular formula is C23H28ClN5OS. The van der Waals surface area contributed by atoms with Gasteiger partial charge in [-0.05, 0) is 77.2 Å². The molecule has 3 heterocycles. The van der Waals surface area contributed by atoms with E-state index in [4.69, 9.17) is 4.98 Å². The number of anilines is 1. The summed E-state index contributed by atoms with van der Waals surface area (Å²) in [5.74, 6) is -0.0570. The summed E-state index contributed by atoms with van der Waals surface area (Å²) >= 11 is 1.59. The van der Waals surface area contributed by atoms with Crippen molar-refractivity contribution in [3.63, 3.8) is 0 Å². The van der Waals surface area contributed by atoms with Crippen molar-refractivity contribution in [3.8, 4) is 0 Å². The molecule has 0 saturated carbocycles. The number of rotatable bonds is 6. The van der Waals surface area contributed by atoms with Crippen molar-refractivity contribution < 1.29 is 4.79 Å². The second kappa shape index (κ2) is 9.34. The van der Waals surface area contributed by atoms with Gasteiger partial charge in [-0.2, -0.15) is 0 Å². The minimum Gasteiger partial charge on any atom is -0.309 e. The van der Waals surface area contributed by atoms with Gasteiger partial charge in [-0.3, -0.25) is 14.1 Å². The number of imidazole rings is 1. The minimum absolute atomic E-state index is 0. The lowest BCUT2D eigenvalue weighted by molar-refractivity contribution is 0.0979. The maximum absolute atomic E-state index is 13.8. The molecule has 1 amide bonds. The highest BCUT2D eigenvalue weighted by Gasteiger charge is 2.26. The number of pyridine rings is 1.